The lowest BCUT2D eigenvalue weighted by Gasteiger charge is -2.34. The molecule has 0 N–H and O–H groups in total. The topological polar surface area (TPSA) is 59.2 Å². The third-order valence-corrected chi connectivity index (χ3v) is 5.13. The van der Waals surface area contributed by atoms with E-state index in [2.05, 4.69) is 28.3 Å². The maximum atomic E-state index is 13.3. The van der Waals surface area contributed by atoms with Crippen LogP contribution in [0.4, 0.5) is 0 Å². The molecule has 1 amide bonds. The number of rotatable bonds is 5. The maximum absolute atomic E-state index is 13.3. The highest BCUT2D eigenvalue weighted by atomic mass is 16.5. The molecule has 0 saturated carbocycles. The second-order valence-corrected chi connectivity index (χ2v) is 8.34. The molecule has 4 rings (SSSR count). The second kappa shape index (κ2) is 8.11. The van der Waals surface area contributed by atoms with Crippen LogP contribution in [0.2, 0.25) is 0 Å². The summed E-state index contributed by atoms with van der Waals surface area (Å²) in [5.74, 6) is 0.981. The first kappa shape index (κ1) is 19.8. The molecule has 152 valence electrons. The first-order chi connectivity index (χ1) is 14.4. The molecule has 1 heterocycles. The Morgan fingerprint density at radius 2 is 1.63 bits per heavy atom. The van der Waals surface area contributed by atoms with E-state index in [1.54, 1.807) is 4.90 Å². The van der Waals surface area contributed by atoms with Gasteiger partial charge in [-0.15, -0.1) is 0 Å². The van der Waals surface area contributed by atoms with E-state index in [-0.39, 0.29) is 18.0 Å². The van der Waals surface area contributed by atoms with Crippen molar-refractivity contribution >= 4 is 16.7 Å². The van der Waals surface area contributed by atoms with Crippen molar-refractivity contribution in [3.63, 3.8) is 0 Å². The SMILES string of the molecule is CC(C)(C)N(Cc1nc(-c2ccccc2)no1)C(=O)Cc1cccc2ccccc12. The van der Waals surface area contributed by atoms with Gasteiger partial charge in [0.15, 0.2) is 0 Å². The third-order valence-electron chi connectivity index (χ3n) is 5.13. The fourth-order valence-corrected chi connectivity index (χ4v) is 3.56. The number of hydrogen-bond donors (Lipinski definition) is 0. The summed E-state index contributed by atoms with van der Waals surface area (Å²) >= 11 is 0. The zero-order valence-corrected chi connectivity index (χ0v) is 17.5. The van der Waals surface area contributed by atoms with E-state index in [9.17, 15) is 4.79 Å². The number of amides is 1. The molecular formula is C25H25N3O2. The van der Waals surface area contributed by atoms with Crippen molar-refractivity contribution in [1.29, 1.82) is 0 Å². The van der Waals surface area contributed by atoms with E-state index in [4.69, 9.17) is 4.52 Å². The van der Waals surface area contributed by atoms with Crippen LogP contribution >= 0.6 is 0 Å². The van der Waals surface area contributed by atoms with Gasteiger partial charge in [0, 0.05) is 11.1 Å². The average molecular weight is 399 g/mol. The van der Waals surface area contributed by atoms with Crippen molar-refractivity contribution < 1.29 is 9.32 Å². The largest absolute Gasteiger partial charge is 0.337 e. The van der Waals surface area contributed by atoms with Crippen molar-refractivity contribution in [2.75, 3.05) is 0 Å². The smallest absolute Gasteiger partial charge is 0.246 e. The Morgan fingerprint density at radius 3 is 2.40 bits per heavy atom. The zero-order valence-electron chi connectivity index (χ0n) is 17.5. The highest BCUT2D eigenvalue weighted by Crippen LogP contribution is 2.23. The summed E-state index contributed by atoms with van der Waals surface area (Å²) in [4.78, 5) is 19.6. The lowest BCUT2D eigenvalue weighted by molar-refractivity contribution is -0.136. The van der Waals surface area contributed by atoms with Crippen molar-refractivity contribution in [3.8, 4) is 11.4 Å². The number of benzene rings is 3. The minimum Gasteiger partial charge on any atom is -0.337 e. The van der Waals surface area contributed by atoms with Gasteiger partial charge in [-0.3, -0.25) is 4.79 Å². The lowest BCUT2D eigenvalue weighted by Crippen LogP contribution is -2.45. The summed E-state index contributed by atoms with van der Waals surface area (Å²) in [6, 6.07) is 23.9. The van der Waals surface area contributed by atoms with Crippen LogP contribution in [0, 0.1) is 0 Å². The molecule has 0 aliphatic heterocycles. The Labute approximate surface area is 176 Å². The number of aromatic nitrogens is 2. The van der Waals surface area contributed by atoms with Gasteiger partial charge in [0.05, 0.1) is 6.42 Å². The van der Waals surface area contributed by atoms with Gasteiger partial charge in [-0.05, 0) is 37.1 Å². The van der Waals surface area contributed by atoms with Crippen LogP contribution in [0.3, 0.4) is 0 Å². The molecular weight excluding hydrogens is 374 g/mol. The fraction of sp³-hybridized carbons (Fsp3) is 0.240. The molecule has 0 bridgehead atoms. The summed E-state index contributed by atoms with van der Waals surface area (Å²) in [5.41, 5.74) is 1.52. The first-order valence-corrected chi connectivity index (χ1v) is 10.1. The molecule has 0 aliphatic rings. The Balaban J connectivity index is 1.57. The summed E-state index contributed by atoms with van der Waals surface area (Å²) in [6.45, 7) is 6.32. The molecule has 0 spiro atoms. The molecule has 0 atom stereocenters. The van der Waals surface area contributed by atoms with Crippen LogP contribution in [0.25, 0.3) is 22.2 Å². The van der Waals surface area contributed by atoms with Crippen LogP contribution in [0.15, 0.2) is 77.3 Å². The van der Waals surface area contributed by atoms with E-state index in [0.29, 0.717) is 18.1 Å². The van der Waals surface area contributed by atoms with Crippen LogP contribution in [0.5, 0.6) is 0 Å². The minimum absolute atomic E-state index is 0.0262. The summed E-state index contributed by atoms with van der Waals surface area (Å²) < 4.78 is 5.46. The van der Waals surface area contributed by atoms with Gasteiger partial charge >= 0.3 is 0 Å². The molecule has 0 aliphatic carbocycles. The maximum Gasteiger partial charge on any atom is 0.246 e. The standard InChI is InChI=1S/C25H25N3O2/c1-25(2,3)28(17-22-26-24(27-30-22)19-11-5-4-6-12-19)23(29)16-20-14-9-13-18-10-7-8-15-21(18)20/h4-15H,16-17H2,1-3H3. The van der Waals surface area contributed by atoms with Gasteiger partial charge in [-0.2, -0.15) is 4.98 Å². The van der Waals surface area contributed by atoms with E-state index >= 15 is 0 Å². The van der Waals surface area contributed by atoms with Gasteiger partial charge in [-0.25, -0.2) is 0 Å². The molecule has 30 heavy (non-hydrogen) atoms. The van der Waals surface area contributed by atoms with E-state index in [1.807, 2.05) is 75.4 Å². The normalized spacial score (nSPS) is 11.6. The lowest BCUT2D eigenvalue weighted by atomic mass is 9.99. The summed E-state index contributed by atoms with van der Waals surface area (Å²) in [5, 5.41) is 6.32. The number of carbonyl (C=O) groups is 1. The molecule has 0 radical (unpaired) electrons. The number of nitrogens with zero attached hydrogens (tertiary/aromatic N) is 3. The monoisotopic (exact) mass is 399 g/mol. The number of hydrogen-bond acceptors (Lipinski definition) is 4. The van der Waals surface area contributed by atoms with Crippen LogP contribution < -0.4 is 0 Å². The average Bonchev–Trinajstić information content (AvgIpc) is 3.21. The molecule has 0 saturated heterocycles. The second-order valence-electron chi connectivity index (χ2n) is 8.34. The Hall–Kier alpha value is -3.47. The Kier molecular flexibility index (Phi) is 5.36. The van der Waals surface area contributed by atoms with Gasteiger partial charge in [0.2, 0.25) is 17.6 Å². The summed E-state index contributed by atoms with van der Waals surface area (Å²) in [7, 11) is 0. The fourth-order valence-electron chi connectivity index (χ4n) is 3.56. The molecule has 3 aromatic carbocycles. The Morgan fingerprint density at radius 1 is 0.933 bits per heavy atom. The van der Waals surface area contributed by atoms with Crippen molar-refractivity contribution in [3.05, 3.63) is 84.3 Å². The van der Waals surface area contributed by atoms with Gasteiger partial charge in [0.25, 0.3) is 0 Å². The predicted molar refractivity (Wildman–Crippen MR) is 118 cm³/mol. The third kappa shape index (κ3) is 4.25. The van der Waals surface area contributed by atoms with Crippen molar-refractivity contribution in [1.82, 2.24) is 15.0 Å². The van der Waals surface area contributed by atoms with Crippen molar-refractivity contribution in [2.45, 2.75) is 39.3 Å². The van der Waals surface area contributed by atoms with E-state index in [0.717, 1.165) is 21.9 Å². The quantitative estimate of drug-likeness (QED) is 0.459. The number of fused-ring (bicyclic) bond motifs is 1. The zero-order chi connectivity index (χ0) is 21.1. The first-order valence-electron chi connectivity index (χ1n) is 10.1. The molecule has 0 unspecified atom stereocenters. The van der Waals surface area contributed by atoms with Gasteiger partial charge in [0.1, 0.15) is 6.54 Å². The molecule has 0 fully saturated rings. The van der Waals surface area contributed by atoms with E-state index in [1.165, 1.54) is 0 Å². The van der Waals surface area contributed by atoms with E-state index < -0.39 is 0 Å². The van der Waals surface area contributed by atoms with Crippen LogP contribution in [-0.2, 0) is 17.8 Å². The molecule has 5 heteroatoms. The summed E-state index contributed by atoms with van der Waals surface area (Å²) in [6.07, 6.45) is 0.318. The highest BCUT2D eigenvalue weighted by molar-refractivity contribution is 5.90. The van der Waals surface area contributed by atoms with Crippen molar-refractivity contribution in [2.24, 2.45) is 0 Å². The predicted octanol–water partition coefficient (Wildman–Crippen LogP) is 5.26. The molecule has 4 aromatic rings. The minimum atomic E-state index is -0.386. The van der Waals surface area contributed by atoms with Crippen LogP contribution in [0.1, 0.15) is 32.2 Å². The highest BCUT2D eigenvalue weighted by Gasteiger charge is 2.29. The Bertz CT molecular complexity index is 1150. The van der Waals surface area contributed by atoms with Gasteiger partial charge in [-0.1, -0.05) is 78.0 Å². The van der Waals surface area contributed by atoms with Gasteiger partial charge < -0.3 is 9.42 Å². The number of carbonyl (C=O) groups excluding carboxylic acids is 1. The molecule has 5 nitrogen and oxygen atoms in total. The molecule has 1 aromatic heterocycles. The van der Waals surface area contributed by atoms with Crippen LogP contribution in [-0.4, -0.2) is 26.5 Å².